The Morgan fingerprint density at radius 1 is 1.10 bits per heavy atom. The van der Waals surface area contributed by atoms with Crippen molar-refractivity contribution in [2.24, 2.45) is 7.05 Å². The van der Waals surface area contributed by atoms with Gasteiger partial charge in [-0.3, -0.25) is 13.8 Å². The Bertz CT molecular complexity index is 1400. The molecule has 9 heteroatoms. The molecule has 5 aromatic rings. The van der Waals surface area contributed by atoms with Gasteiger partial charge in [0.2, 0.25) is 5.78 Å². The molecule has 1 N–H and O–H groups in total. The van der Waals surface area contributed by atoms with Gasteiger partial charge in [-0.1, -0.05) is 23.7 Å². The first-order chi connectivity index (χ1) is 14.1. The van der Waals surface area contributed by atoms with Crippen LogP contribution in [0.15, 0.2) is 65.7 Å². The summed E-state index contributed by atoms with van der Waals surface area (Å²) < 4.78 is 5.11. The van der Waals surface area contributed by atoms with E-state index in [1.807, 2.05) is 59.1 Å². The summed E-state index contributed by atoms with van der Waals surface area (Å²) in [6.07, 6.45) is 3.54. The van der Waals surface area contributed by atoms with Crippen LogP contribution in [0.1, 0.15) is 5.82 Å². The maximum Gasteiger partial charge on any atom is 0.262 e. The molecule has 0 amide bonds. The first kappa shape index (κ1) is 17.4. The van der Waals surface area contributed by atoms with Gasteiger partial charge in [-0.25, -0.2) is 4.68 Å². The highest BCUT2D eigenvalue weighted by molar-refractivity contribution is 6.32. The zero-order valence-corrected chi connectivity index (χ0v) is 16.2. The van der Waals surface area contributed by atoms with E-state index in [0.717, 1.165) is 16.9 Å². The predicted molar refractivity (Wildman–Crippen MR) is 112 cm³/mol. The molecule has 0 radical (unpaired) electrons. The SMILES string of the molecule is Cn1c(=O)c2ccccc2n2c(CNc3ccc(-n4cccn4)c(Cl)c3)nnc12. The third-order valence-electron chi connectivity index (χ3n) is 4.84. The van der Waals surface area contributed by atoms with Gasteiger partial charge in [-0.05, 0) is 36.4 Å². The third kappa shape index (κ3) is 2.85. The van der Waals surface area contributed by atoms with Crippen molar-refractivity contribution in [1.82, 2.24) is 28.9 Å². The standard InChI is InChI=1S/C20H16ClN7O/c1-26-19(29)14-5-2-3-6-16(14)28-18(24-25-20(26)28)12-22-13-7-8-17(15(21)11-13)27-10-4-9-23-27/h2-11,22H,12H2,1H3. The molecule has 0 fully saturated rings. The van der Waals surface area contributed by atoms with E-state index in [1.54, 1.807) is 17.9 Å². The molecule has 0 saturated carbocycles. The van der Waals surface area contributed by atoms with E-state index in [9.17, 15) is 4.79 Å². The third-order valence-corrected chi connectivity index (χ3v) is 5.15. The lowest BCUT2D eigenvalue weighted by Crippen LogP contribution is -2.20. The molecule has 0 aliphatic carbocycles. The molecule has 0 atom stereocenters. The predicted octanol–water partition coefficient (Wildman–Crippen LogP) is 3.03. The van der Waals surface area contributed by atoms with Crippen LogP contribution in [-0.4, -0.2) is 28.9 Å². The Morgan fingerprint density at radius 2 is 1.97 bits per heavy atom. The zero-order valence-electron chi connectivity index (χ0n) is 15.5. The van der Waals surface area contributed by atoms with Gasteiger partial charge in [0.1, 0.15) is 0 Å². The van der Waals surface area contributed by atoms with Gasteiger partial charge in [0.05, 0.1) is 28.2 Å². The average Bonchev–Trinajstić information content (AvgIpc) is 3.41. The summed E-state index contributed by atoms with van der Waals surface area (Å²) in [7, 11) is 1.70. The van der Waals surface area contributed by atoms with Crippen LogP contribution in [0.4, 0.5) is 5.69 Å². The van der Waals surface area contributed by atoms with Crippen LogP contribution < -0.4 is 10.9 Å². The van der Waals surface area contributed by atoms with Gasteiger partial charge in [0.15, 0.2) is 5.82 Å². The van der Waals surface area contributed by atoms with Crippen LogP contribution in [0, 0.1) is 0 Å². The van der Waals surface area contributed by atoms with E-state index in [4.69, 9.17) is 11.6 Å². The average molecular weight is 406 g/mol. The Balaban J connectivity index is 1.50. The second kappa shape index (κ2) is 6.75. The molecule has 3 heterocycles. The fraction of sp³-hybridized carbons (Fsp3) is 0.100. The number of rotatable bonds is 4. The van der Waals surface area contributed by atoms with Crippen molar-refractivity contribution < 1.29 is 0 Å². The highest BCUT2D eigenvalue weighted by atomic mass is 35.5. The number of nitrogens with one attached hydrogen (secondary N) is 1. The van der Waals surface area contributed by atoms with E-state index in [-0.39, 0.29) is 5.56 Å². The molecule has 0 aliphatic heterocycles. The summed E-state index contributed by atoms with van der Waals surface area (Å²) >= 11 is 6.42. The minimum absolute atomic E-state index is 0.0963. The highest BCUT2D eigenvalue weighted by Crippen LogP contribution is 2.24. The molecule has 0 spiro atoms. The smallest absolute Gasteiger partial charge is 0.262 e. The van der Waals surface area contributed by atoms with Crippen molar-refractivity contribution in [3.05, 3.63) is 82.1 Å². The van der Waals surface area contributed by atoms with E-state index in [0.29, 0.717) is 28.6 Å². The van der Waals surface area contributed by atoms with Crippen molar-refractivity contribution in [2.75, 3.05) is 5.32 Å². The Kier molecular flexibility index (Phi) is 4.06. The number of para-hydroxylation sites is 1. The number of aryl methyl sites for hydroxylation is 1. The van der Waals surface area contributed by atoms with Crippen molar-refractivity contribution in [1.29, 1.82) is 0 Å². The summed E-state index contributed by atoms with van der Waals surface area (Å²) in [5.41, 5.74) is 2.33. The summed E-state index contributed by atoms with van der Waals surface area (Å²) in [5.74, 6) is 1.19. The molecule has 2 aromatic carbocycles. The summed E-state index contributed by atoms with van der Waals surface area (Å²) in [6, 6.07) is 15.0. The number of hydrogen-bond acceptors (Lipinski definition) is 5. The normalized spacial score (nSPS) is 11.4. The summed E-state index contributed by atoms with van der Waals surface area (Å²) in [4.78, 5) is 12.5. The summed E-state index contributed by atoms with van der Waals surface area (Å²) in [5, 5.41) is 17.2. The molecule has 3 aromatic heterocycles. The van der Waals surface area contributed by atoms with Crippen molar-refractivity contribution >= 4 is 34.0 Å². The topological polar surface area (TPSA) is 82.0 Å². The molecule has 29 heavy (non-hydrogen) atoms. The lowest BCUT2D eigenvalue weighted by atomic mass is 10.2. The van der Waals surface area contributed by atoms with Crippen molar-refractivity contribution in [3.63, 3.8) is 0 Å². The molecule has 5 rings (SSSR count). The quantitative estimate of drug-likeness (QED) is 0.497. The van der Waals surface area contributed by atoms with Crippen LogP contribution in [0.5, 0.6) is 0 Å². The monoisotopic (exact) mass is 405 g/mol. The number of benzene rings is 2. The van der Waals surface area contributed by atoms with Crippen LogP contribution in [0.25, 0.3) is 22.4 Å². The second-order valence-electron chi connectivity index (χ2n) is 6.60. The maximum atomic E-state index is 12.5. The first-order valence-corrected chi connectivity index (χ1v) is 9.36. The number of halogens is 1. The molecule has 144 valence electrons. The zero-order chi connectivity index (χ0) is 20.0. The van der Waals surface area contributed by atoms with Crippen molar-refractivity contribution in [3.8, 4) is 5.69 Å². The van der Waals surface area contributed by atoms with E-state index < -0.39 is 0 Å². The Morgan fingerprint density at radius 3 is 2.76 bits per heavy atom. The van der Waals surface area contributed by atoms with E-state index in [2.05, 4.69) is 20.6 Å². The molecule has 0 unspecified atom stereocenters. The van der Waals surface area contributed by atoms with Crippen LogP contribution >= 0.6 is 11.6 Å². The molecule has 0 bridgehead atoms. The maximum absolute atomic E-state index is 12.5. The number of nitrogens with zero attached hydrogens (tertiary/aromatic N) is 6. The van der Waals surface area contributed by atoms with Gasteiger partial charge in [-0.2, -0.15) is 5.10 Å². The minimum Gasteiger partial charge on any atom is -0.378 e. The first-order valence-electron chi connectivity index (χ1n) is 8.98. The fourth-order valence-electron chi connectivity index (χ4n) is 3.40. The highest BCUT2D eigenvalue weighted by Gasteiger charge is 2.14. The largest absolute Gasteiger partial charge is 0.378 e. The lowest BCUT2D eigenvalue weighted by molar-refractivity contribution is 0.855. The van der Waals surface area contributed by atoms with Gasteiger partial charge in [-0.15, -0.1) is 10.2 Å². The van der Waals surface area contributed by atoms with Gasteiger partial charge in [0.25, 0.3) is 5.56 Å². The number of aromatic nitrogens is 6. The molecular weight excluding hydrogens is 390 g/mol. The number of anilines is 1. The molecule has 8 nitrogen and oxygen atoms in total. The van der Waals surface area contributed by atoms with Crippen molar-refractivity contribution in [2.45, 2.75) is 6.54 Å². The lowest BCUT2D eigenvalue weighted by Gasteiger charge is -2.10. The molecule has 0 aliphatic rings. The van der Waals surface area contributed by atoms with Gasteiger partial charge < -0.3 is 5.32 Å². The number of fused-ring (bicyclic) bond motifs is 3. The Hall–Kier alpha value is -3.65. The van der Waals surface area contributed by atoms with Crippen LogP contribution in [0.3, 0.4) is 0 Å². The number of hydrogen-bond donors (Lipinski definition) is 1. The molecular formula is C20H16ClN7O. The van der Waals surface area contributed by atoms with Crippen LogP contribution in [0.2, 0.25) is 5.02 Å². The second-order valence-corrected chi connectivity index (χ2v) is 7.01. The summed E-state index contributed by atoms with van der Waals surface area (Å²) in [6.45, 7) is 0.417. The van der Waals surface area contributed by atoms with Gasteiger partial charge in [0, 0.05) is 25.1 Å². The Labute approximate surface area is 170 Å². The molecule has 0 saturated heterocycles. The fourth-order valence-corrected chi connectivity index (χ4v) is 3.67. The van der Waals surface area contributed by atoms with Gasteiger partial charge >= 0.3 is 0 Å². The van der Waals surface area contributed by atoms with Crippen LogP contribution in [-0.2, 0) is 13.6 Å². The minimum atomic E-state index is -0.0963. The van der Waals surface area contributed by atoms with E-state index >= 15 is 0 Å². The van der Waals surface area contributed by atoms with E-state index in [1.165, 1.54) is 4.57 Å².